The molecule has 0 aliphatic carbocycles. The standard InChI is InChI=1S/C9H23N3O4S2/c1-9(2,17(4,13)14)8-11-18(15,16)12(3)7-5-6-10/h11H,5-8,10H2,1-4H3. The highest BCUT2D eigenvalue weighted by atomic mass is 32.2. The summed E-state index contributed by atoms with van der Waals surface area (Å²) in [5, 5.41) is 0. The second-order valence-electron chi connectivity index (χ2n) is 4.82. The van der Waals surface area contributed by atoms with Gasteiger partial charge in [-0.25, -0.2) is 13.1 Å². The van der Waals surface area contributed by atoms with Crippen molar-refractivity contribution in [3.63, 3.8) is 0 Å². The molecule has 0 atom stereocenters. The van der Waals surface area contributed by atoms with Gasteiger partial charge in [-0.1, -0.05) is 0 Å². The van der Waals surface area contributed by atoms with Crippen molar-refractivity contribution in [3.8, 4) is 0 Å². The summed E-state index contributed by atoms with van der Waals surface area (Å²) >= 11 is 0. The minimum atomic E-state index is -3.66. The van der Waals surface area contributed by atoms with Gasteiger partial charge in [0.25, 0.3) is 10.2 Å². The normalized spacial score (nSPS) is 14.1. The van der Waals surface area contributed by atoms with Crippen LogP contribution in [0.5, 0.6) is 0 Å². The molecule has 18 heavy (non-hydrogen) atoms. The van der Waals surface area contributed by atoms with Crippen LogP contribution in [0.4, 0.5) is 0 Å². The van der Waals surface area contributed by atoms with E-state index in [0.717, 1.165) is 10.6 Å². The molecule has 0 bridgehead atoms. The summed E-state index contributed by atoms with van der Waals surface area (Å²) in [7, 11) is -5.57. The molecule has 0 amide bonds. The zero-order chi connectivity index (χ0) is 14.6. The Bertz CT molecular complexity index is 456. The van der Waals surface area contributed by atoms with Crippen LogP contribution in [0.1, 0.15) is 20.3 Å². The van der Waals surface area contributed by atoms with E-state index in [1.807, 2.05) is 0 Å². The minimum Gasteiger partial charge on any atom is -0.330 e. The van der Waals surface area contributed by atoms with Gasteiger partial charge in [-0.2, -0.15) is 12.7 Å². The van der Waals surface area contributed by atoms with Crippen molar-refractivity contribution in [2.45, 2.75) is 25.0 Å². The minimum absolute atomic E-state index is 0.166. The third-order valence-corrected chi connectivity index (χ3v) is 6.44. The fourth-order valence-corrected chi connectivity index (χ4v) is 2.50. The third-order valence-electron chi connectivity index (χ3n) is 2.77. The Kier molecular flexibility index (Phi) is 6.21. The van der Waals surface area contributed by atoms with Gasteiger partial charge in [0, 0.05) is 26.4 Å². The van der Waals surface area contributed by atoms with Crippen LogP contribution in [0.25, 0.3) is 0 Å². The van der Waals surface area contributed by atoms with E-state index in [2.05, 4.69) is 4.72 Å². The lowest BCUT2D eigenvalue weighted by Gasteiger charge is -2.25. The fourth-order valence-electron chi connectivity index (χ4n) is 0.940. The largest absolute Gasteiger partial charge is 0.330 e. The van der Waals surface area contributed by atoms with Gasteiger partial charge in [-0.05, 0) is 26.8 Å². The number of sulfone groups is 1. The molecule has 0 radical (unpaired) electrons. The topological polar surface area (TPSA) is 110 Å². The molecule has 0 aromatic carbocycles. The first kappa shape index (κ1) is 17.8. The molecular formula is C9H23N3O4S2. The van der Waals surface area contributed by atoms with Gasteiger partial charge in [0.2, 0.25) is 0 Å². The second kappa shape index (κ2) is 6.29. The van der Waals surface area contributed by atoms with Crippen molar-refractivity contribution in [2.75, 3.05) is 32.9 Å². The van der Waals surface area contributed by atoms with E-state index in [-0.39, 0.29) is 6.54 Å². The zero-order valence-electron chi connectivity index (χ0n) is 11.3. The van der Waals surface area contributed by atoms with Gasteiger partial charge in [0.1, 0.15) is 0 Å². The summed E-state index contributed by atoms with van der Waals surface area (Å²) in [5.41, 5.74) is 5.30. The Balaban J connectivity index is 4.63. The van der Waals surface area contributed by atoms with Crippen LogP contribution in [-0.4, -0.2) is 58.8 Å². The van der Waals surface area contributed by atoms with Gasteiger partial charge >= 0.3 is 0 Å². The zero-order valence-corrected chi connectivity index (χ0v) is 12.9. The molecule has 0 saturated carbocycles. The Labute approximate surface area is 110 Å². The lowest BCUT2D eigenvalue weighted by Crippen LogP contribution is -2.48. The molecule has 0 aliphatic rings. The number of nitrogens with zero attached hydrogens (tertiary/aromatic N) is 1. The number of hydrogen-bond acceptors (Lipinski definition) is 5. The van der Waals surface area contributed by atoms with Crippen LogP contribution < -0.4 is 10.5 Å². The van der Waals surface area contributed by atoms with Crippen molar-refractivity contribution in [1.82, 2.24) is 9.03 Å². The van der Waals surface area contributed by atoms with Crippen LogP contribution in [0.3, 0.4) is 0 Å². The average molecular weight is 301 g/mol. The van der Waals surface area contributed by atoms with Gasteiger partial charge in [-0.3, -0.25) is 0 Å². The van der Waals surface area contributed by atoms with Gasteiger partial charge < -0.3 is 5.73 Å². The van der Waals surface area contributed by atoms with E-state index in [1.54, 1.807) is 0 Å². The average Bonchev–Trinajstić information content (AvgIpc) is 2.21. The van der Waals surface area contributed by atoms with Crippen molar-refractivity contribution in [3.05, 3.63) is 0 Å². The second-order valence-corrected chi connectivity index (χ2v) is 9.33. The first-order valence-electron chi connectivity index (χ1n) is 5.54. The molecule has 0 fully saturated rings. The highest BCUT2D eigenvalue weighted by molar-refractivity contribution is 7.92. The molecule has 0 unspecified atom stereocenters. The van der Waals surface area contributed by atoms with Crippen molar-refractivity contribution >= 4 is 20.0 Å². The summed E-state index contributed by atoms with van der Waals surface area (Å²) in [4.78, 5) is 0. The van der Waals surface area contributed by atoms with Crippen LogP contribution in [0.15, 0.2) is 0 Å². The number of hydrogen-bond donors (Lipinski definition) is 2. The van der Waals surface area contributed by atoms with E-state index < -0.39 is 24.8 Å². The van der Waals surface area contributed by atoms with Gasteiger partial charge in [0.15, 0.2) is 9.84 Å². The van der Waals surface area contributed by atoms with Crippen molar-refractivity contribution in [2.24, 2.45) is 5.73 Å². The predicted molar refractivity (Wildman–Crippen MR) is 72.1 cm³/mol. The van der Waals surface area contributed by atoms with Gasteiger partial charge in [0.05, 0.1) is 4.75 Å². The lowest BCUT2D eigenvalue weighted by molar-refractivity contribution is 0.448. The van der Waals surface area contributed by atoms with E-state index >= 15 is 0 Å². The van der Waals surface area contributed by atoms with E-state index in [1.165, 1.54) is 20.9 Å². The van der Waals surface area contributed by atoms with E-state index in [9.17, 15) is 16.8 Å². The highest BCUT2D eigenvalue weighted by Crippen LogP contribution is 2.14. The van der Waals surface area contributed by atoms with Crippen LogP contribution in [-0.2, 0) is 20.0 Å². The number of nitrogens with one attached hydrogen (secondary N) is 1. The van der Waals surface area contributed by atoms with E-state index in [4.69, 9.17) is 5.73 Å². The molecule has 0 aromatic rings. The van der Waals surface area contributed by atoms with Crippen LogP contribution in [0.2, 0.25) is 0 Å². The summed E-state index contributed by atoms with van der Waals surface area (Å²) in [6.07, 6.45) is 1.63. The molecule has 0 heterocycles. The van der Waals surface area contributed by atoms with E-state index in [0.29, 0.717) is 19.5 Å². The summed E-state index contributed by atoms with van der Waals surface area (Å²) < 4.78 is 48.7. The maximum atomic E-state index is 11.8. The smallest absolute Gasteiger partial charge is 0.279 e. The Morgan fingerprint density at radius 3 is 2.11 bits per heavy atom. The molecule has 0 saturated heterocycles. The molecule has 9 heteroatoms. The fraction of sp³-hybridized carbons (Fsp3) is 1.00. The predicted octanol–water partition coefficient (Wildman–Crippen LogP) is -1.08. The van der Waals surface area contributed by atoms with Crippen molar-refractivity contribution < 1.29 is 16.8 Å². The highest BCUT2D eigenvalue weighted by Gasteiger charge is 2.32. The molecule has 110 valence electrons. The first-order valence-corrected chi connectivity index (χ1v) is 8.88. The monoisotopic (exact) mass is 301 g/mol. The molecule has 0 aliphatic heterocycles. The summed E-state index contributed by atoms with van der Waals surface area (Å²) in [6, 6.07) is 0. The molecule has 7 nitrogen and oxygen atoms in total. The molecule has 0 spiro atoms. The summed E-state index contributed by atoms with van der Waals surface area (Å²) in [6.45, 7) is 3.48. The Hall–Kier alpha value is -0.220. The quantitative estimate of drug-likeness (QED) is 0.593. The van der Waals surface area contributed by atoms with Crippen molar-refractivity contribution in [1.29, 1.82) is 0 Å². The SMILES string of the molecule is CN(CCCN)S(=O)(=O)NCC(C)(C)S(C)(=O)=O. The molecule has 0 rings (SSSR count). The molecular weight excluding hydrogens is 278 g/mol. The molecule has 0 aromatic heterocycles. The number of rotatable bonds is 8. The number of nitrogens with two attached hydrogens (primary N) is 1. The van der Waals surface area contributed by atoms with Crippen LogP contribution in [0, 0.1) is 0 Å². The first-order chi connectivity index (χ1) is 7.94. The van der Waals surface area contributed by atoms with Crippen LogP contribution >= 0.6 is 0 Å². The Morgan fingerprint density at radius 2 is 1.72 bits per heavy atom. The lowest BCUT2D eigenvalue weighted by atomic mass is 10.2. The molecule has 3 N–H and O–H groups in total. The summed E-state index contributed by atoms with van der Waals surface area (Å²) in [5.74, 6) is 0. The maximum absolute atomic E-state index is 11.8. The van der Waals surface area contributed by atoms with Gasteiger partial charge in [-0.15, -0.1) is 0 Å². The maximum Gasteiger partial charge on any atom is 0.279 e. The Morgan fingerprint density at radius 1 is 1.22 bits per heavy atom. The third kappa shape index (κ3) is 5.19.